The number of hydrogen-bond acceptors (Lipinski definition) is 5. The van der Waals surface area contributed by atoms with Crippen LogP contribution in [0.3, 0.4) is 0 Å². The van der Waals surface area contributed by atoms with Gasteiger partial charge in [0.2, 0.25) is 5.54 Å². The van der Waals surface area contributed by atoms with Crippen LogP contribution in [-0.4, -0.2) is 42.1 Å². The largest absolute Gasteiger partial charge is 0.396 e. The Hall–Kier alpha value is -2.47. The first-order valence-corrected chi connectivity index (χ1v) is 13.2. The molecule has 0 spiro atoms. The maximum Gasteiger partial charge on any atom is 0.227 e. The van der Waals surface area contributed by atoms with E-state index in [0.29, 0.717) is 31.6 Å². The standard InChI is InChI=1S/C29H38N2O4/c1-28-18-25(19-5-8-21(9-6-19)30(2)3)27-23-12-10-22(33)17-20(23)7-11-24(27)26(28)13-15-29(28,31(34)35)14-4-16-32/h5-6,8-9,17,24-26,32H,4,7,10-16,18H2,1-3H3/t24-,25+,26-,28-,29+/m0/s1. The average molecular weight is 479 g/mol. The molecule has 5 rings (SSSR count). The highest BCUT2D eigenvalue weighted by atomic mass is 16.6. The molecule has 0 aromatic heterocycles. The number of carbonyl (C=O) groups is 1. The number of allylic oxidation sites excluding steroid dienone is 4. The molecule has 1 N–H and O–H groups in total. The third-order valence-corrected chi connectivity index (χ3v) is 9.97. The lowest BCUT2D eigenvalue weighted by Crippen LogP contribution is -2.55. The van der Waals surface area contributed by atoms with Crippen molar-refractivity contribution in [2.24, 2.45) is 17.3 Å². The van der Waals surface area contributed by atoms with Crippen molar-refractivity contribution in [1.82, 2.24) is 0 Å². The van der Waals surface area contributed by atoms with Crippen LogP contribution in [0, 0.1) is 27.4 Å². The van der Waals surface area contributed by atoms with E-state index in [9.17, 15) is 20.0 Å². The molecule has 1 aromatic rings. The molecule has 6 heteroatoms. The van der Waals surface area contributed by atoms with E-state index in [4.69, 9.17) is 0 Å². The lowest BCUT2D eigenvalue weighted by Gasteiger charge is -2.53. The van der Waals surface area contributed by atoms with Crippen LogP contribution in [0.4, 0.5) is 5.69 Å². The van der Waals surface area contributed by atoms with Crippen molar-refractivity contribution < 1.29 is 14.8 Å². The predicted octanol–water partition coefficient (Wildman–Crippen LogP) is 5.44. The van der Waals surface area contributed by atoms with E-state index in [0.717, 1.165) is 37.8 Å². The van der Waals surface area contributed by atoms with Gasteiger partial charge in [-0.1, -0.05) is 24.6 Å². The molecule has 0 amide bonds. The van der Waals surface area contributed by atoms with Crippen LogP contribution < -0.4 is 4.90 Å². The summed E-state index contributed by atoms with van der Waals surface area (Å²) in [6, 6.07) is 8.71. The lowest BCUT2D eigenvalue weighted by molar-refractivity contribution is -0.591. The second-order valence-electron chi connectivity index (χ2n) is 11.6. The molecule has 188 valence electrons. The number of carbonyl (C=O) groups excluding carboxylic acids is 1. The molecule has 0 bridgehead atoms. The number of ketones is 1. The fraction of sp³-hybridized carbons (Fsp3) is 0.621. The van der Waals surface area contributed by atoms with Gasteiger partial charge in [-0.2, -0.15) is 0 Å². The molecule has 35 heavy (non-hydrogen) atoms. The smallest absolute Gasteiger partial charge is 0.227 e. The number of anilines is 1. The SMILES string of the molecule is CN(C)c1ccc([C@H]2C[C@@]3(C)[C@@H](CC[C@@]3(CCCO)[N+](=O)[O-])[C@@H]3CCC4=CC(=O)CCC4=C32)cc1. The van der Waals surface area contributed by atoms with Gasteiger partial charge in [0, 0.05) is 61.9 Å². The Morgan fingerprint density at radius 1 is 1.14 bits per heavy atom. The zero-order valence-corrected chi connectivity index (χ0v) is 21.3. The summed E-state index contributed by atoms with van der Waals surface area (Å²) in [4.78, 5) is 27.1. The Balaban J connectivity index is 1.66. The quantitative estimate of drug-likeness (QED) is 0.435. The van der Waals surface area contributed by atoms with Crippen LogP contribution in [0.1, 0.15) is 76.2 Å². The molecule has 0 heterocycles. The van der Waals surface area contributed by atoms with E-state index in [2.05, 4.69) is 36.1 Å². The van der Waals surface area contributed by atoms with Crippen LogP contribution in [0.5, 0.6) is 0 Å². The van der Waals surface area contributed by atoms with Crippen molar-refractivity contribution in [2.75, 3.05) is 25.6 Å². The number of nitro groups is 1. The van der Waals surface area contributed by atoms with Gasteiger partial charge in [0.25, 0.3) is 0 Å². The van der Waals surface area contributed by atoms with Crippen molar-refractivity contribution >= 4 is 11.5 Å². The summed E-state index contributed by atoms with van der Waals surface area (Å²) < 4.78 is 0. The van der Waals surface area contributed by atoms with Gasteiger partial charge < -0.3 is 10.0 Å². The van der Waals surface area contributed by atoms with Crippen LogP contribution in [0.25, 0.3) is 0 Å². The minimum absolute atomic E-state index is 0.00727. The Labute approximate surface area is 208 Å². The topological polar surface area (TPSA) is 83.7 Å². The number of rotatable bonds is 6. The first-order chi connectivity index (χ1) is 16.7. The van der Waals surface area contributed by atoms with Gasteiger partial charge in [0.05, 0.1) is 0 Å². The van der Waals surface area contributed by atoms with Gasteiger partial charge in [-0.25, -0.2) is 0 Å². The summed E-state index contributed by atoms with van der Waals surface area (Å²) in [6.45, 7) is 2.18. The Morgan fingerprint density at radius 3 is 2.54 bits per heavy atom. The maximum atomic E-state index is 12.7. The molecular weight excluding hydrogens is 440 g/mol. The summed E-state index contributed by atoms with van der Waals surface area (Å²) in [5.41, 5.74) is 5.00. The summed E-state index contributed by atoms with van der Waals surface area (Å²) in [7, 11) is 4.06. The molecule has 2 fully saturated rings. The van der Waals surface area contributed by atoms with E-state index < -0.39 is 11.0 Å². The van der Waals surface area contributed by atoms with Gasteiger partial charge >= 0.3 is 0 Å². The Morgan fingerprint density at radius 2 is 1.89 bits per heavy atom. The Kier molecular flexibility index (Phi) is 6.15. The van der Waals surface area contributed by atoms with E-state index in [1.54, 1.807) is 0 Å². The first kappa shape index (κ1) is 24.2. The zero-order valence-electron chi connectivity index (χ0n) is 21.3. The minimum atomic E-state index is -0.989. The van der Waals surface area contributed by atoms with Gasteiger partial charge in [-0.05, 0) is 85.3 Å². The summed E-state index contributed by atoms with van der Waals surface area (Å²) in [5.74, 6) is 0.942. The number of fused-ring (bicyclic) bond motifs is 4. The minimum Gasteiger partial charge on any atom is -0.396 e. The number of aliphatic hydroxyl groups excluding tert-OH is 1. The molecule has 2 saturated carbocycles. The van der Waals surface area contributed by atoms with Crippen LogP contribution in [-0.2, 0) is 4.79 Å². The molecule has 5 atom stereocenters. The zero-order chi connectivity index (χ0) is 25.0. The fourth-order valence-electron chi connectivity index (χ4n) is 8.23. The Bertz CT molecular complexity index is 1090. The van der Waals surface area contributed by atoms with Crippen molar-refractivity contribution in [2.45, 2.75) is 76.2 Å². The fourth-order valence-corrected chi connectivity index (χ4v) is 8.23. The highest BCUT2D eigenvalue weighted by Gasteiger charge is 2.69. The highest BCUT2D eigenvalue weighted by molar-refractivity contribution is 5.93. The first-order valence-electron chi connectivity index (χ1n) is 13.2. The van der Waals surface area contributed by atoms with Gasteiger partial charge in [-0.3, -0.25) is 14.9 Å². The third-order valence-electron chi connectivity index (χ3n) is 9.97. The third kappa shape index (κ3) is 3.67. The van der Waals surface area contributed by atoms with Crippen molar-refractivity contribution in [1.29, 1.82) is 0 Å². The molecule has 0 unspecified atom stereocenters. The molecule has 1 aromatic carbocycles. The van der Waals surface area contributed by atoms with Crippen molar-refractivity contribution in [3.63, 3.8) is 0 Å². The molecular formula is C29H38N2O4. The van der Waals surface area contributed by atoms with Crippen LogP contribution >= 0.6 is 0 Å². The summed E-state index contributed by atoms with van der Waals surface area (Å²) in [6.07, 6.45) is 8.24. The van der Waals surface area contributed by atoms with Crippen molar-refractivity contribution in [3.8, 4) is 0 Å². The number of benzene rings is 1. The predicted molar refractivity (Wildman–Crippen MR) is 137 cm³/mol. The molecule has 4 aliphatic rings. The number of nitrogens with zero attached hydrogens (tertiary/aromatic N) is 2. The molecule has 0 aliphatic heterocycles. The molecule has 0 saturated heterocycles. The normalized spacial score (nSPS) is 34.1. The monoisotopic (exact) mass is 478 g/mol. The summed E-state index contributed by atoms with van der Waals surface area (Å²) in [5, 5.41) is 22.3. The van der Waals surface area contributed by atoms with Crippen LogP contribution in [0.2, 0.25) is 0 Å². The molecule has 6 nitrogen and oxygen atoms in total. The number of hydrogen-bond donors (Lipinski definition) is 1. The van der Waals surface area contributed by atoms with E-state index in [1.165, 1.54) is 22.3 Å². The van der Waals surface area contributed by atoms with E-state index in [-0.39, 0.29) is 29.1 Å². The van der Waals surface area contributed by atoms with E-state index in [1.807, 2.05) is 20.2 Å². The molecule has 0 radical (unpaired) electrons. The maximum absolute atomic E-state index is 12.7. The second kappa shape index (κ2) is 8.88. The van der Waals surface area contributed by atoms with Gasteiger partial charge in [0.1, 0.15) is 0 Å². The second-order valence-corrected chi connectivity index (χ2v) is 11.6. The van der Waals surface area contributed by atoms with Crippen molar-refractivity contribution in [3.05, 3.63) is 62.7 Å². The average Bonchev–Trinajstić information content (AvgIpc) is 3.14. The summed E-state index contributed by atoms with van der Waals surface area (Å²) >= 11 is 0. The van der Waals surface area contributed by atoms with Crippen LogP contribution in [0.15, 0.2) is 47.1 Å². The van der Waals surface area contributed by atoms with Gasteiger partial charge in [0.15, 0.2) is 5.78 Å². The van der Waals surface area contributed by atoms with E-state index >= 15 is 0 Å². The lowest BCUT2D eigenvalue weighted by atomic mass is 9.50. The van der Waals surface area contributed by atoms with Gasteiger partial charge in [-0.15, -0.1) is 0 Å². The number of aliphatic hydroxyl groups is 1. The molecule has 4 aliphatic carbocycles. The highest BCUT2D eigenvalue weighted by Crippen LogP contribution is 2.68.